The molecule has 1 aromatic carbocycles. The van der Waals surface area contributed by atoms with Crippen molar-refractivity contribution in [3.63, 3.8) is 0 Å². The van der Waals surface area contributed by atoms with Crippen molar-refractivity contribution >= 4 is 22.4 Å². The first-order chi connectivity index (χ1) is 7.49. The molecule has 16 heavy (non-hydrogen) atoms. The molecule has 2 N–H and O–H groups in total. The van der Waals surface area contributed by atoms with Crippen molar-refractivity contribution in [1.29, 1.82) is 0 Å². The fourth-order valence-corrected chi connectivity index (χ4v) is 2.74. The van der Waals surface area contributed by atoms with Gasteiger partial charge in [0.15, 0.2) is 0 Å². The Hall–Kier alpha value is -0.450. The van der Waals surface area contributed by atoms with Gasteiger partial charge in [-0.05, 0) is 31.0 Å². The van der Waals surface area contributed by atoms with Crippen molar-refractivity contribution < 1.29 is 8.60 Å². The van der Waals surface area contributed by atoms with Gasteiger partial charge in [0.05, 0.1) is 5.02 Å². The molecule has 90 valence electrons. The molecule has 0 aromatic heterocycles. The smallest absolute Gasteiger partial charge is 0.141 e. The Balaban J connectivity index is 2.53. The van der Waals surface area contributed by atoms with Crippen LogP contribution in [0.4, 0.5) is 4.39 Å². The number of rotatable bonds is 5. The van der Waals surface area contributed by atoms with E-state index in [0.717, 1.165) is 12.0 Å². The van der Waals surface area contributed by atoms with Gasteiger partial charge in [-0.25, -0.2) is 4.39 Å². The minimum atomic E-state index is -0.968. The van der Waals surface area contributed by atoms with Crippen LogP contribution in [-0.2, 0) is 16.6 Å². The number of benzene rings is 1. The van der Waals surface area contributed by atoms with E-state index < -0.39 is 16.6 Å². The van der Waals surface area contributed by atoms with Gasteiger partial charge < -0.3 is 5.73 Å². The molecular formula is C11H15ClFNOS. The van der Waals surface area contributed by atoms with Crippen molar-refractivity contribution in [1.82, 2.24) is 0 Å². The van der Waals surface area contributed by atoms with Gasteiger partial charge in [-0.2, -0.15) is 0 Å². The molecule has 0 aliphatic rings. The predicted molar refractivity (Wildman–Crippen MR) is 66.4 cm³/mol. The van der Waals surface area contributed by atoms with E-state index in [2.05, 4.69) is 0 Å². The molecule has 1 rings (SSSR count). The maximum atomic E-state index is 12.9. The molecule has 0 heterocycles. The highest BCUT2D eigenvalue weighted by Gasteiger charge is 2.06. The molecule has 0 saturated heterocycles. The van der Waals surface area contributed by atoms with E-state index in [-0.39, 0.29) is 11.1 Å². The van der Waals surface area contributed by atoms with Crippen LogP contribution in [-0.4, -0.2) is 16.0 Å². The molecule has 0 spiro atoms. The van der Waals surface area contributed by atoms with E-state index in [1.165, 1.54) is 12.1 Å². The quantitative estimate of drug-likeness (QED) is 0.887. The predicted octanol–water partition coefficient (Wildman–Crippen LogP) is 2.47. The van der Waals surface area contributed by atoms with E-state index >= 15 is 0 Å². The zero-order valence-corrected chi connectivity index (χ0v) is 10.7. The molecule has 2 nitrogen and oxygen atoms in total. The summed E-state index contributed by atoms with van der Waals surface area (Å²) in [6.45, 7) is 1.88. The van der Waals surface area contributed by atoms with Gasteiger partial charge in [0.1, 0.15) is 5.82 Å². The third-order valence-electron chi connectivity index (χ3n) is 2.11. The summed E-state index contributed by atoms with van der Waals surface area (Å²) < 4.78 is 24.5. The first-order valence-corrected chi connectivity index (χ1v) is 6.90. The summed E-state index contributed by atoms with van der Waals surface area (Å²) >= 11 is 5.63. The number of hydrogen-bond donors (Lipinski definition) is 1. The van der Waals surface area contributed by atoms with Gasteiger partial charge in [-0.15, -0.1) is 0 Å². The Bertz CT molecular complexity index is 384. The van der Waals surface area contributed by atoms with Gasteiger partial charge in [0, 0.05) is 28.3 Å². The van der Waals surface area contributed by atoms with Crippen molar-refractivity contribution in [3.05, 3.63) is 34.6 Å². The van der Waals surface area contributed by atoms with Gasteiger partial charge >= 0.3 is 0 Å². The lowest BCUT2D eigenvalue weighted by Crippen LogP contribution is -2.18. The summed E-state index contributed by atoms with van der Waals surface area (Å²) in [5, 5.41) is 0.0710. The summed E-state index contributed by atoms with van der Waals surface area (Å²) in [5.74, 6) is 0.506. The topological polar surface area (TPSA) is 43.1 Å². The molecule has 0 bridgehead atoms. The standard InChI is InChI=1S/C11H15ClFNOS/c1-8(14)4-5-16(15)7-9-2-3-11(13)10(12)6-9/h2-3,6,8H,4-5,7,14H2,1H3. The summed E-state index contributed by atoms with van der Waals surface area (Å²) in [6, 6.07) is 4.47. The third-order valence-corrected chi connectivity index (χ3v) is 3.75. The number of halogens is 2. The Morgan fingerprint density at radius 3 is 2.81 bits per heavy atom. The average molecular weight is 264 g/mol. The van der Waals surface area contributed by atoms with Crippen LogP contribution in [0.25, 0.3) is 0 Å². The molecule has 2 unspecified atom stereocenters. The maximum absolute atomic E-state index is 12.9. The minimum absolute atomic E-state index is 0.0563. The molecule has 0 fully saturated rings. The first kappa shape index (κ1) is 13.6. The van der Waals surface area contributed by atoms with Crippen LogP contribution in [0.1, 0.15) is 18.9 Å². The Labute approximate surface area is 102 Å². The van der Waals surface area contributed by atoms with E-state index in [1.54, 1.807) is 6.07 Å². The third kappa shape index (κ3) is 4.60. The molecule has 2 atom stereocenters. The van der Waals surface area contributed by atoms with Crippen molar-refractivity contribution in [2.75, 3.05) is 5.75 Å². The highest BCUT2D eigenvalue weighted by molar-refractivity contribution is 7.84. The molecule has 0 saturated carbocycles. The summed E-state index contributed by atoms with van der Waals surface area (Å²) in [5.41, 5.74) is 6.36. The normalized spacial score (nSPS) is 14.8. The van der Waals surface area contributed by atoms with Crippen molar-refractivity contribution in [3.8, 4) is 0 Å². The minimum Gasteiger partial charge on any atom is -0.328 e. The monoisotopic (exact) mass is 263 g/mol. The molecule has 0 aliphatic carbocycles. The van der Waals surface area contributed by atoms with E-state index in [0.29, 0.717) is 11.5 Å². The molecule has 5 heteroatoms. The number of nitrogens with two attached hydrogens (primary N) is 1. The fourth-order valence-electron chi connectivity index (χ4n) is 1.20. The van der Waals surface area contributed by atoms with E-state index in [9.17, 15) is 8.60 Å². The van der Waals surface area contributed by atoms with Crippen molar-refractivity contribution in [2.24, 2.45) is 5.73 Å². The lowest BCUT2D eigenvalue weighted by atomic mass is 10.2. The first-order valence-electron chi connectivity index (χ1n) is 5.03. The molecule has 0 radical (unpaired) electrons. The highest BCUT2D eigenvalue weighted by Crippen LogP contribution is 2.17. The second-order valence-electron chi connectivity index (χ2n) is 3.80. The molecule has 0 aliphatic heterocycles. The van der Waals surface area contributed by atoms with Crippen LogP contribution in [0.5, 0.6) is 0 Å². The fraction of sp³-hybridized carbons (Fsp3) is 0.455. The zero-order valence-electron chi connectivity index (χ0n) is 9.08. The summed E-state index contributed by atoms with van der Waals surface area (Å²) in [7, 11) is -0.968. The van der Waals surface area contributed by atoms with Crippen LogP contribution in [0.15, 0.2) is 18.2 Å². The SMILES string of the molecule is CC(N)CCS(=O)Cc1ccc(F)c(Cl)c1. The Kier molecular flexibility index (Phi) is 5.38. The van der Waals surface area contributed by atoms with Crippen LogP contribution in [0.2, 0.25) is 5.02 Å². The zero-order chi connectivity index (χ0) is 12.1. The van der Waals surface area contributed by atoms with Crippen molar-refractivity contribution in [2.45, 2.75) is 25.1 Å². The maximum Gasteiger partial charge on any atom is 0.141 e. The second-order valence-corrected chi connectivity index (χ2v) is 5.79. The van der Waals surface area contributed by atoms with E-state index in [1.807, 2.05) is 6.92 Å². The second kappa shape index (κ2) is 6.33. The number of hydrogen-bond acceptors (Lipinski definition) is 2. The average Bonchev–Trinajstić information content (AvgIpc) is 2.21. The molecule has 1 aromatic rings. The van der Waals surface area contributed by atoms with Gasteiger partial charge in [0.25, 0.3) is 0 Å². The Morgan fingerprint density at radius 2 is 2.25 bits per heavy atom. The van der Waals surface area contributed by atoms with Crippen LogP contribution < -0.4 is 5.73 Å². The van der Waals surface area contributed by atoms with Gasteiger partial charge in [0.2, 0.25) is 0 Å². The summed E-state index contributed by atoms with van der Waals surface area (Å²) in [6.07, 6.45) is 0.724. The molecular weight excluding hydrogens is 249 g/mol. The van der Waals surface area contributed by atoms with Gasteiger partial charge in [-0.3, -0.25) is 4.21 Å². The van der Waals surface area contributed by atoms with E-state index in [4.69, 9.17) is 17.3 Å². The largest absolute Gasteiger partial charge is 0.328 e. The highest BCUT2D eigenvalue weighted by atomic mass is 35.5. The van der Waals surface area contributed by atoms with Crippen LogP contribution in [0.3, 0.4) is 0 Å². The molecule has 0 amide bonds. The Morgan fingerprint density at radius 1 is 1.56 bits per heavy atom. The van der Waals surface area contributed by atoms with Gasteiger partial charge in [-0.1, -0.05) is 17.7 Å². The van der Waals surface area contributed by atoms with Crippen LogP contribution >= 0.6 is 11.6 Å². The lowest BCUT2D eigenvalue weighted by Gasteiger charge is -2.05. The summed E-state index contributed by atoms with van der Waals surface area (Å²) in [4.78, 5) is 0. The lowest BCUT2D eigenvalue weighted by molar-refractivity contribution is 0.627. The van der Waals surface area contributed by atoms with Crippen LogP contribution in [0, 0.1) is 5.82 Å².